The van der Waals surface area contributed by atoms with Gasteiger partial charge in [0.1, 0.15) is 11.8 Å². The highest BCUT2D eigenvalue weighted by molar-refractivity contribution is 5.89. The number of H-pyrrole nitrogens is 1. The molecule has 1 unspecified atom stereocenters. The Morgan fingerprint density at radius 3 is 2.56 bits per heavy atom. The minimum absolute atomic E-state index is 0.107. The number of alkyl halides is 3. The topological polar surface area (TPSA) is 65.6 Å². The first-order valence-electron chi connectivity index (χ1n) is 10.5. The number of aromatic nitrogens is 1. The number of piperidine rings is 1. The van der Waals surface area contributed by atoms with Crippen LogP contribution in [0.4, 0.5) is 13.2 Å². The number of benzene rings is 2. The molecule has 0 amide bonds. The highest BCUT2D eigenvalue weighted by Crippen LogP contribution is 2.49. The number of hydrogen-bond acceptors (Lipinski definition) is 3. The van der Waals surface area contributed by atoms with Gasteiger partial charge in [0, 0.05) is 28.7 Å². The summed E-state index contributed by atoms with van der Waals surface area (Å²) in [5.74, 6) is -0.855. The van der Waals surface area contributed by atoms with Gasteiger partial charge in [-0.1, -0.05) is 18.6 Å². The Hall–Kier alpha value is -3.00. The van der Waals surface area contributed by atoms with Crippen LogP contribution in [0, 0.1) is 6.92 Å². The highest BCUT2D eigenvalue weighted by atomic mass is 19.4. The third kappa shape index (κ3) is 3.95. The lowest BCUT2D eigenvalue weighted by atomic mass is 9.89. The van der Waals surface area contributed by atoms with Crippen molar-refractivity contribution in [1.29, 1.82) is 0 Å². The molecule has 0 spiro atoms. The fourth-order valence-electron chi connectivity index (χ4n) is 4.84. The number of ether oxygens (including phenoxy) is 1. The van der Waals surface area contributed by atoms with Gasteiger partial charge in [-0.25, -0.2) is 4.79 Å². The minimum atomic E-state index is -4.54. The molecule has 2 heterocycles. The number of fused-ring (bicyclic) bond motifs is 1. The lowest BCUT2D eigenvalue weighted by Crippen LogP contribution is -2.43. The summed E-state index contributed by atoms with van der Waals surface area (Å²) in [4.78, 5) is 15.7. The van der Waals surface area contributed by atoms with Crippen molar-refractivity contribution in [2.45, 2.75) is 44.4 Å². The molecular weight excluding hydrogens is 421 g/mol. The van der Waals surface area contributed by atoms with Gasteiger partial charge in [-0.15, -0.1) is 0 Å². The number of nitrogens with one attached hydrogen (secondary N) is 1. The monoisotopic (exact) mass is 446 g/mol. The number of carbonyl (C=O) groups is 1. The van der Waals surface area contributed by atoms with E-state index in [1.807, 2.05) is 6.92 Å². The fraction of sp³-hybridized carbons (Fsp3) is 0.375. The minimum Gasteiger partial charge on any atom is -0.496 e. The van der Waals surface area contributed by atoms with E-state index in [0.717, 1.165) is 12.0 Å². The molecule has 0 aliphatic carbocycles. The maximum atomic E-state index is 14.7. The van der Waals surface area contributed by atoms with Crippen molar-refractivity contribution < 1.29 is 27.8 Å². The van der Waals surface area contributed by atoms with E-state index in [4.69, 9.17) is 9.84 Å². The van der Waals surface area contributed by atoms with Crippen LogP contribution in [0.1, 0.15) is 58.4 Å². The summed E-state index contributed by atoms with van der Waals surface area (Å²) < 4.78 is 49.6. The molecule has 0 radical (unpaired) electrons. The molecule has 32 heavy (non-hydrogen) atoms. The van der Waals surface area contributed by atoms with Crippen LogP contribution < -0.4 is 4.74 Å². The molecule has 2 atom stereocenters. The highest BCUT2D eigenvalue weighted by Gasteiger charge is 2.49. The van der Waals surface area contributed by atoms with Gasteiger partial charge in [0.05, 0.1) is 12.7 Å². The smallest absolute Gasteiger partial charge is 0.408 e. The molecule has 2 aromatic carbocycles. The van der Waals surface area contributed by atoms with Crippen LogP contribution in [0.3, 0.4) is 0 Å². The number of aromatic amines is 1. The van der Waals surface area contributed by atoms with Crippen LogP contribution in [0.2, 0.25) is 0 Å². The number of halogens is 3. The maximum absolute atomic E-state index is 14.7. The Bertz CT molecular complexity index is 1120. The SMILES string of the molecule is COc1cc(C)c2[nH]ccc2c1C(N1CCCC[C@H]1c1ccc(C(=O)O)cc1)C(F)(F)F. The van der Waals surface area contributed by atoms with Crippen LogP contribution in [-0.2, 0) is 0 Å². The van der Waals surface area contributed by atoms with E-state index in [9.17, 15) is 18.0 Å². The summed E-state index contributed by atoms with van der Waals surface area (Å²) in [5, 5.41) is 9.66. The fourth-order valence-corrected chi connectivity index (χ4v) is 4.84. The number of aromatic carboxylic acids is 1. The lowest BCUT2D eigenvalue weighted by Gasteiger charge is -2.42. The second-order valence-corrected chi connectivity index (χ2v) is 8.20. The van der Waals surface area contributed by atoms with Crippen molar-refractivity contribution in [2.24, 2.45) is 0 Å². The molecule has 8 heteroatoms. The predicted molar refractivity (Wildman–Crippen MR) is 115 cm³/mol. The van der Waals surface area contributed by atoms with Crippen molar-refractivity contribution in [3.05, 3.63) is 64.8 Å². The zero-order valence-corrected chi connectivity index (χ0v) is 17.9. The average molecular weight is 446 g/mol. The van der Waals surface area contributed by atoms with Gasteiger partial charge in [-0.05, 0) is 61.7 Å². The van der Waals surface area contributed by atoms with Gasteiger partial charge >= 0.3 is 12.1 Å². The second kappa shape index (κ2) is 8.50. The van der Waals surface area contributed by atoms with Crippen molar-refractivity contribution in [2.75, 3.05) is 13.7 Å². The van der Waals surface area contributed by atoms with Crippen molar-refractivity contribution in [3.8, 4) is 5.75 Å². The molecule has 4 rings (SSSR count). The summed E-state index contributed by atoms with van der Waals surface area (Å²) in [6.45, 7) is 2.11. The first-order chi connectivity index (χ1) is 15.2. The molecule has 1 aliphatic heterocycles. The van der Waals surface area contributed by atoms with Gasteiger partial charge in [-0.3, -0.25) is 4.90 Å². The van der Waals surface area contributed by atoms with E-state index in [-0.39, 0.29) is 23.4 Å². The van der Waals surface area contributed by atoms with Crippen LogP contribution in [0.15, 0.2) is 42.6 Å². The molecule has 1 aliphatic rings. The van der Waals surface area contributed by atoms with E-state index >= 15 is 0 Å². The molecule has 1 fully saturated rings. The lowest BCUT2D eigenvalue weighted by molar-refractivity contribution is -0.196. The third-order valence-corrected chi connectivity index (χ3v) is 6.27. The average Bonchev–Trinajstić information content (AvgIpc) is 3.25. The first kappa shape index (κ1) is 22.2. The van der Waals surface area contributed by atoms with Gasteiger partial charge in [-0.2, -0.15) is 13.2 Å². The summed E-state index contributed by atoms with van der Waals surface area (Å²) in [5.41, 5.74) is 2.37. The van der Waals surface area contributed by atoms with Gasteiger partial charge < -0.3 is 14.8 Å². The molecule has 1 saturated heterocycles. The van der Waals surface area contributed by atoms with E-state index < -0.39 is 24.2 Å². The van der Waals surface area contributed by atoms with E-state index in [1.165, 1.54) is 24.1 Å². The number of methoxy groups -OCH3 is 1. The summed E-state index contributed by atoms with van der Waals surface area (Å²) in [6.07, 6.45) is -0.878. The Morgan fingerprint density at radius 1 is 1.22 bits per heavy atom. The summed E-state index contributed by atoms with van der Waals surface area (Å²) in [7, 11) is 1.39. The Kier molecular flexibility index (Phi) is 5.90. The number of rotatable bonds is 5. The number of aryl methyl sites for hydroxylation is 1. The number of hydrogen-bond donors (Lipinski definition) is 2. The molecule has 3 aromatic rings. The normalized spacial score (nSPS) is 18.6. The molecule has 5 nitrogen and oxygen atoms in total. The first-order valence-corrected chi connectivity index (χ1v) is 10.5. The number of carboxylic acid groups (broad SMARTS) is 1. The largest absolute Gasteiger partial charge is 0.496 e. The van der Waals surface area contributed by atoms with E-state index in [0.29, 0.717) is 29.3 Å². The van der Waals surface area contributed by atoms with Gasteiger partial charge in [0.15, 0.2) is 0 Å². The Morgan fingerprint density at radius 2 is 1.94 bits per heavy atom. The van der Waals surface area contributed by atoms with Crippen LogP contribution in [0.5, 0.6) is 5.75 Å². The van der Waals surface area contributed by atoms with Crippen LogP contribution in [0.25, 0.3) is 10.9 Å². The maximum Gasteiger partial charge on any atom is 0.408 e. The Labute approximate surface area is 183 Å². The van der Waals surface area contributed by atoms with Crippen molar-refractivity contribution in [3.63, 3.8) is 0 Å². The number of carboxylic acids is 1. The number of likely N-dealkylation sites (tertiary alicyclic amines) is 1. The summed E-state index contributed by atoms with van der Waals surface area (Å²) >= 11 is 0. The molecular formula is C24H25F3N2O3. The van der Waals surface area contributed by atoms with Crippen LogP contribution >= 0.6 is 0 Å². The van der Waals surface area contributed by atoms with E-state index in [1.54, 1.807) is 30.5 Å². The third-order valence-electron chi connectivity index (χ3n) is 6.27. The molecule has 2 N–H and O–H groups in total. The Balaban J connectivity index is 1.86. The molecule has 0 saturated carbocycles. The molecule has 170 valence electrons. The quantitative estimate of drug-likeness (QED) is 0.504. The van der Waals surface area contributed by atoms with Crippen molar-refractivity contribution in [1.82, 2.24) is 9.88 Å². The zero-order valence-electron chi connectivity index (χ0n) is 17.9. The number of nitrogens with zero attached hydrogens (tertiary/aromatic N) is 1. The standard InChI is InChI=1S/C24H25F3N2O3/c1-14-13-19(32-2)20(17-10-11-28-21(14)17)22(24(25,26)27)29-12-4-3-5-18(29)15-6-8-16(9-7-15)23(30)31/h6-11,13,18,22,28H,3-5,12H2,1-2H3,(H,30,31)/t18-,22?/m0/s1. The molecule has 1 aromatic heterocycles. The van der Waals surface area contributed by atoms with Crippen molar-refractivity contribution >= 4 is 16.9 Å². The molecule has 0 bridgehead atoms. The zero-order chi connectivity index (χ0) is 23.0. The predicted octanol–water partition coefficient (Wildman–Crippen LogP) is 6.01. The van der Waals surface area contributed by atoms with Gasteiger partial charge in [0.25, 0.3) is 0 Å². The second-order valence-electron chi connectivity index (χ2n) is 8.20. The van der Waals surface area contributed by atoms with Gasteiger partial charge in [0.2, 0.25) is 0 Å². The van der Waals surface area contributed by atoms with Crippen LogP contribution in [-0.4, -0.2) is 40.8 Å². The summed E-state index contributed by atoms with van der Waals surface area (Å²) in [6, 6.07) is 7.11. The van der Waals surface area contributed by atoms with E-state index in [2.05, 4.69) is 4.98 Å².